The summed E-state index contributed by atoms with van der Waals surface area (Å²) >= 11 is 0. The number of hydrogen-bond donors (Lipinski definition) is 1. The number of rotatable bonds is 7. The van der Waals surface area contributed by atoms with Gasteiger partial charge < -0.3 is 5.32 Å². The molecule has 0 aliphatic carbocycles. The van der Waals surface area contributed by atoms with Crippen molar-refractivity contribution in [2.24, 2.45) is 0 Å². The summed E-state index contributed by atoms with van der Waals surface area (Å²) in [7, 11) is -5.72. The van der Waals surface area contributed by atoms with Crippen molar-refractivity contribution in [3.63, 3.8) is 0 Å². The first-order valence-electron chi connectivity index (χ1n) is 8.26. The third-order valence-electron chi connectivity index (χ3n) is 3.97. The summed E-state index contributed by atoms with van der Waals surface area (Å²) in [5.74, 6) is -0.550. The van der Waals surface area contributed by atoms with Crippen LogP contribution in [-0.4, -0.2) is 48.8 Å². The van der Waals surface area contributed by atoms with Gasteiger partial charge in [0.05, 0.1) is 23.9 Å². The molecule has 0 bridgehead atoms. The van der Waals surface area contributed by atoms with Gasteiger partial charge in [-0.3, -0.25) is 13.4 Å². The topological polar surface area (TPSA) is 104 Å². The first kappa shape index (κ1) is 21.7. The van der Waals surface area contributed by atoms with Crippen molar-refractivity contribution in [2.45, 2.75) is 6.92 Å². The van der Waals surface area contributed by atoms with Gasteiger partial charge in [0.15, 0.2) is 0 Å². The molecular formula is C18H23N3O5S2. The smallest absolute Gasteiger partial charge is 0.245 e. The van der Waals surface area contributed by atoms with Crippen LogP contribution in [0.3, 0.4) is 0 Å². The highest BCUT2D eigenvalue weighted by Crippen LogP contribution is 2.22. The molecule has 0 fully saturated rings. The standard InChI is InChI=1S/C18H23N3O5S2/c1-14-7-5-10-17(11-14)21(28(4,25)26)13-18(22)19-15-8-6-9-16(12-15)20(2)27(3,23)24/h5-12H,13H2,1-4H3,(H,19,22). The fourth-order valence-electron chi connectivity index (χ4n) is 2.49. The Morgan fingerprint density at radius 1 is 0.929 bits per heavy atom. The Balaban J connectivity index is 2.22. The summed E-state index contributed by atoms with van der Waals surface area (Å²) in [6, 6.07) is 13.1. The van der Waals surface area contributed by atoms with Gasteiger partial charge in [-0.1, -0.05) is 18.2 Å². The van der Waals surface area contributed by atoms with Crippen LogP contribution >= 0.6 is 0 Å². The molecule has 0 heterocycles. The minimum absolute atomic E-state index is 0.357. The number of aryl methyl sites for hydroxylation is 1. The normalized spacial score (nSPS) is 11.7. The highest BCUT2D eigenvalue weighted by atomic mass is 32.2. The average Bonchev–Trinajstić information content (AvgIpc) is 2.57. The van der Waals surface area contributed by atoms with E-state index in [0.717, 1.165) is 26.7 Å². The van der Waals surface area contributed by atoms with Gasteiger partial charge in [-0.25, -0.2) is 16.8 Å². The van der Waals surface area contributed by atoms with Crippen molar-refractivity contribution in [2.75, 3.05) is 40.0 Å². The number of amides is 1. The van der Waals surface area contributed by atoms with Crippen LogP contribution in [0.4, 0.5) is 17.1 Å². The number of nitrogens with zero attached hydrogens (tertiary/aromatic N) is 2. The van der Waals surface area contributed by atoms with Crippen molar-refractivity contribution in [1.29, 1.82) is 0 Å². The molecule has 1 amide bonds. The van der Waals surface area contributed by atoms with E-state index < -0.39 is 32.5 Å². The van der Waals surface area contributed by atoms with Gasteiger partial charge in [-0.15, -0.1) is 0 Å². The predicted molar refractivity (Wildman–Crippen MR) is 112 cm³/mol. The number of anilines is 3. The van der Waals surface area contributed by atoms with E-state index in [4.69, 9.17) is 0 Å². The molecule has 0 aliphatic rings. The highest BCUT2D eigenvalue weighted by Gasteiger charge is 2.21. The van der Waals surface area contributed by atoms with Crippen LogP contribution in [0.2, 0.25) is 0 Å². The van der Waals surface area contributed by atoms with Crippen molar-refractivity contribution in [3.8, 4) is 0 Å². The van der Waals surface area contributed by atoms with Crippen LogP contribution in [0.25, 0.3) is 0 Å². The summed E-state index contributed by atoms with van der Waals surface area (Å²) in [6.45, 7) is 1.42. The largest absolute Gasteiger partial charge is 0.324 e. The minimum atomic E-state index is -3.68. The maximum absolute atomic E-state index is 12.5. The Bertz CT molecular complexity index is 1080. The highest BCUT2D eigenvalue weighted by molar-refractivity contribution is 7.92. The lowest BCUT2D eigenvalue weighted by molar-refractivity contribution is -0.114. The van der Waals surface area contributed by atoms with Gasteiger partial charge >= 0.3 is 0 Å². The summed E-state index contributed by atoms with van der Waals surface area (Å²) in [4.78, 5) is 12.5. The number of carbonyl (C=O) groups excluding carboxylic acids is 1. The lowest BCUT2D eigenvalue weighted by atomic mass is 10.2. The molecule has 0 atom stereocenters. The lowest BCUT2D eigenvalue weighted by Gasteiger charge is -2.22. The van der Waals surface area contributed by atoms with Crippen LogP contribution < -0.4 is 13.9 Å². The molecule has 2 aromatic rings. The fraction of sp³-hybridized carbons (Fsp3) is 0.278. The number of nitrogens with one attached hydrogen (secondary N) is 1. The van der Waals surface area contributed by atoms with E-state index in [1.54, 1.807) is 36.4 Å². The maximum atomic E-state index is 12.5. The predicted octanol–water partition coefficient (Wildman–Crippen LogP) is 1.80. The van der Waals surface area contributed by atoms with Crippen LogP contribution in [0.1, 0.15) is 5.56 Å². The number of sulfonamides is 2. The molecule has 28 heavy (non-hydrogen) atoms. The molecule has 8 nitrogen and oxygen atoms in total. The molecule has 0 saturated heterocycles. The lowest BCUT2D eigenvalue weighted by Crippen LogP contribution is -2.37. The summed E-state index contributed by atoms with van der Waals surface area (Å²) < 4.78 is 49.8. The van der Waals surface area contributed by atoms with E-state index in [1.807, 2.05) is 13.0 Å². The number of hydrogen-bond acceptors (Lipinski definition) is 5. The van der Waals surface area contributed by atoms with E-state index >= 15 is 0 Å². The quantitative estimate of drug-likeness (QED) is 0.728. The Morgan fingerprint density at radius 2 is 1.54 bits per heavy atom. The first-order chi connectivity index (χ1) is 12.9. The number of benzene rings is 2. The van der Waals surface area contributed by atoms with Gasteiger partial charge in [0.2, 0.25) is 26.0 Å². The second-order valence-corrected chi connectivity index (χ2v) is 10.4. The molecule has 2 rings (SSSR count). The third-order valence-corrected chi connectivity index (χ3v) is 6.31. The van der Waals surface area contributed by atoms with E-state index in [1.165, 1.54) is 13.1 Å². The maximum Gasteiger partial charge on any atom is 0.245 e. The van der Waals surface area contributed by atoms with Crippen molar-refractivity contribution < 1.29 is 21.6 Å². The van der Waals surface area contributed by atoms with Crippen LogP contribution in [-0.2, 0) is 24.8 Å². The van der Waals surface area contributed by atoms with E-state index in [9.17, 15) is 21.6 Å². The molecule has 0 spiro atoms. The zero-order valence-electron chi connectivity index (χ0n) is 16.1. The zero-order chi connectivity index (χ0) is 21.1. The Labute approximate surface area is 165 Å². The monoisotopic (exact) mass is 425 g/mol. The van der Waals surface area contributed by atoms with Gasteiger partial charge in [-0.2, -0.15) is 0 Å². The van der Waals surface area contributed by atoms with Gasteiger partial charge in [0.25, 0.3) is 0 Å². The van der Waals surface area contributed by atoms with Crippen LogP contribution in [0.15, 0.2) is 48.5 Å². The molecule has 152 valence electrons. The van der Waals surface area contributed by atoms with E-state index in [-0.39, 0.29) is 0 Å². The van der Waals surface area contributed by atoms with Gasteiger partial charge in [0, 0.05) is 12.7 Å². The molecule has 0 unspecified atom stereocenters. The summed E-state index contributed by atoms with van der Waals surface area (Å²) in [6.07, 6.45) is 2.11. The van der Waals surface area contributed by atoms with Crippen LogP contribution in [0.5, 0.6) is 0 Å². The van der Waals surface area contributed by atoms with E-state index in [2.05, 4.69) is 5.32 Å². The van der Waals surface area contributed by atoms with Crippen molar-refractivity contribution >= 4 is 43.0 Å². The molecule has 0 aromatic heterocycles. The Morgan fingerprint density at radius 3 is 2.11 bits per heavy atom. The zero-order valence-corrected chi connectivity index (χ0v) is 17.7. The fourth-order valence-corrected chi connectivity index (χ4v) is 3.83. The van der Waals surface area contributed by atoms with Crippen molar-refractivity contribution in [1.82, 2.24) is 0 Å². The first-order valence-corrected chi connectivity index (χ1v) is 12.0. The summed E-state index contributed by atoms with van der Waals surface area (Å²) in [5.41, 5.74) is 1.99. The molecule has 0 aliphatic heterocycles. The molecule has 2 aromatic carbocycles. The molecule has 10 heteroatoms. The summed E-state index contributed by atoms with van der Waals surface area (Å²) in [5, 5.41) is 2.61. The Kier molecular flexibility index (Phi) is 6.35. The molecule has 0 radical (unpaired) electrons. The SMILES string of the molecule is Cc1cccc(N(CC(=O)Nc2cccc(N(C)S(C)(=O)=O)c2)S(C)(=O)=O)c1. The number of carbonyl (C=O) groups is 1. The van der Waals surface area contributed by atoms with Crippen molar-refractivity contribution in [3.05, 3.63) is 54.1 Å². The van der Waals surface area contributed by atoms with E-state index in [0.29, 0.717) is 17.1 Å². The third kappa shape index (κ3) is 5.70. The van der Waals surface area contributed by atoms with Gasteiger partial charge in [0.1, 0.15) is 6.54 Å². The second kappa shape index (κ2) is 8.19. The van der Waals surface area contributed by atoms with Crippen LogP contribution in [0, 0.1) is 6.92 Å². The second-order valence-electron chi connectivity index (χ2n) is 6.44. The average molecular weight is 426 g/mol. The minimum Gasteiger partial charge on any atom is -0.324 e. The molecular weight excluding hydrogens is 402 g/mol. The van der Waals surface area contributed by atoms with Gasteiger partial charge in [-0.05, 0) is 42.8 Å². The molecule has 0 saturated carbocycles. The Hall–Kier alpha value is -2.59. The molecule has 1 N–H and O–H groups in total.